The Morgan fingerprint density at radius 2 is 1.96 bits per heavy atom. The summed E-state index contributed by atoms with van der Waals surface area (Å²) in [7, 11) is 1.92. The lowest BCUT2D eigenvalue weighted by Gasteiger charge is -2.28. The Hall–Kier alpha value is -2.30. The maximum absolute atomic E-state index is 11.3. The van der Waals surface area contributed by atoms with Crippen molar-refractivity contribution in [3.05, 3.63) is 30.0 Å². The van der Waals surface area contributed by atoms with E-state index in [-0.39, 0.29) is 0 Å². The minimum atomic E-state index is -0.893. The smallest absolute Gasteiger partial charge is 0.335 e. The number of aryl methyl sites for hydroxylation is 1. The van der Waals surface area contributed by atoms with Crippen molar-refractivity contribution in [2.45, 2.75) is 38.6 Å². The summed E-state index contributed by atoms with van der Waals surface area (Å²) in [5, 5.41) is 14.8. The van der Waals surface area contributed by atoms with Crippen LogP contribution in [0.1, 0.15) is 49.0 Å². The predicted molar refractivity (Wildman–Crippen MR) is 89.8 cm³/mol. The first-order valence-electron chi connectivity index (χ1n) is 8.25. The van der Waals surface area contributed by atoms with Crippen molar-refractivity contribution in [3.63, 3.8) is 0 Å². The molecule has 1 N–H and O–H groups in total. The summed E-state index contributed by atoms with van der Waals surface area (Å²) >= 11 is 0. The summed E-state index contributed by atoms with van der Waals surface area (Å²) < 4.78 is 4.20. The SMILES string of the molecule is Cn1cc2c(n1)c1cc(C(=O)O)ccc1n2[C@H]1CC[C@H](C)CC1. The molecule has 1 saturated carbocycles. The highest BCUT2D eigenvalue weighted by molar-refractivity contribution is 6.08. The van der Waals surface area contributed by atoms with Gasteiger partial charge in [0.05, 0.1) is 16.6 Å². The number of benzene rings is 1. The van der Waals surface area contributed by atoms with Crippen LogP contribution in [0.2, 0.25) is 0 Å². The van der Waals surface area contributed by atoms with Gasteiger partial charge in [-0.1, -0.05) is 6.92 Å². The average Bonchev–Trinajstić information content (AvgIpc) is 3.03. The number of fused-ring (bicyclic) bond motifs is 3. The Bertz CT molecular complexity index is 898. The fraction of sp³-hybridized carbons (Fsp3) is 0.444. The van der Waals surface area contributed by atoms with Gasteiger partial charge in [0.2, 0.25) is 0 Å². The van der Waals surface area contributed by atoms with Crippen molar-refractivity contribution in [2.75, 3.05) is 0 Å². The van der Waals surface area contributed by atoms with Gasteiger partial charge in [-0.05, 0) is 49.8 Å². The van der Waals surface area contributed by atoms with Crippen molar-refractivity contribution in [1.82, 2.24) is 14.3 Å². The predicted octanol–water partition coefficient (Wildman–Crippen LogP) is 3.98. The third-order valence-corrected chi connectivity index (χ3v) is 5.18. The van der Waals surface area contributed by atoms with E-state index >= 15 is 0 Å². The van der Waals surface area contributed by atoms with E-state index < -0.39 is 5.97 Å². The van der Waals surface area contributed by atoms with E-state index in [9.17, 15) is 9.90 Å². The Kier molecular flexibility index (Phi) is 3.18. The third kappa shape index (κ3) is 2.22. The van der Waals surface area contributed by atoms with Crippen LogP contribution in [0.5, 0.6) is 0 Å². The molecule has 1 aromatic carbocycles. The first kappa shape index (κ1) is 14.3. The Morgan fingerprint density at radius 3 is 2.65 bits per heavy atom. The molecule has 4 rings (SSSR count). The highest BCUT2D eigenvalue weighted by Gasteiger charge is 2.25. The van der Waals surface area contributed by atoms with Gasteiger partial charge in [-0.3, -0.25) is 4.68 Å². The molecular weight excluding hydrogens is 290 g/mol. The second-order valence-electron chi connectivity index (χ2n) is 6.86. The van der Waals surface area contributed by atoms with Crippen molar-refractivity contribution >= 4 is 27.9 Å². The minimum Gasteiger partial charge on any atom is -0.478 e. The van der Waals surface area contributed by atoms with Gasteiger partial charge in [0.1, 0.15) is 5.52 Å². The van der Waals surface area contributed by atoms with Crippen molar-refractivity contribution in [2.24, 2.45) is 13.0 Å². The lowest BCUT2D eigenvalue weighted by Crippen LogP contribution is -2.16. The number of carboxylic acid groups (broad SMARTS) is 1. The Labute approximate surface area is 134 Å². The fourth-order valence-electron chi connectivity index (χ4n) is 3.94. The second-order valence-corrected chi connectivity index (χ2v) is 6.86. The summed E-state index contributed by atoms with van der Waals surface area (Å²) in [6.45, 7) is 2.32. The van der Waals surface area contributed by atoms with Crippen LogP contribution in [-0.2, 0) is 7.05 Å². The molecule has 120 valence electrons. The third-order valence-electron chi connectivity index (χ3n) is 5.18. The van der Waals surface area contributed by atoms with E-state index in [1.54, 1.807) is 12.1 Å². The van der Waals surface area contributed by atoms with Crippen LogP contribution in [0.4, 0.5) is 0 Å². The van der Waals surface area contributed by atoms with Gasteiger partial charge in [0.25, 0.3) is 0 Å². The number of hydrogen-bond acceptors (Lipinski definition) is 2. The zero-order valence-corrected chi connectivity index (χ0v) is 13.5. The molecule has 0 bridgehead atoms. The standard InChI is InChI=1S/C18H21N3O2/c1-11-3-6-13(7-4-11)21-15-8-5-12(18(22)23)9-14(15)17-16(21)10-20(2)19-17/h5,8-11,13H,3-4,6-7H2,1-2H3,(H,22,23)/t11-,13-. The summed E-state index contributed by atoms with van der Waals surface area (Å²) in [4.78, 5) is 11.3. The Balaban J connectivity index is 1.95. The molecule has 3 aromatic rings. The van der Waals surface area contributed by atoms with Gasteiger partial charge in [0, 0.05) is 24.7 Å². The summed E-state index contributed by atoms with van der Waals surface area (Å²) in [6, 6.07) is 5.88. The molecule has 0 aliphatic heterocycles. The van der Waals surface area contributed by atoms with E-state index in [0.29, 0.717) is 11.6 Å². The molecule has 2 heterocycles. The lowest BCUT2D eigenvalue weighted by molar-refractivity contribution is 0.0697. The first-order valence-corrected chi connectivity index (χ1v) is 8.25. The molecule has 5 nitrogen and oxygen atoms in total. The number of aromatic carboxylic acids is 1. The summed E-state index contributed by atoms with van der Waals surface area (Å²) in [5.41, 5.74) is 3.45. The van der Waals surface area contributed by atoms with Gasteiger partial charge in [-0.2, -0.15) is 5.10 Å². The summed E-state index contributed by atoms with van der Waals surface area (Å²) in [5.74, 6) is -0.0914. The van der Waals surface area contributed by atoms with Gasteiger partial charge in [0.15, 0.2) is 0 Å². The monoisotopic (exact) mass is 311 g/mol. The van der Waals surface area contributed by atoms with Gasteiger partial charge >= 0.3 is 5.97 Å². The maximum Gasteiger partial charge on any atom is 0.335 e. The average molecular weight is 311 g/mol. The molecule has 23 heavy (non-hydrogen) atoms. The van der Waals surface area contributed by atoms with E-state index in [1.807, 2.05) is 24.0 Å². The van der Waals surface area contributed by atoms with Gasteiger partial charge < -0.3 is 9.67 Å². The highest BCUT2D eigenvalue weighted by Crippen LogP contribution is 2.38. The van der Waals surface area contributed by atoms with Crippen LogP contribution in [-0.4, -0.2) is 25.4 Å². The first-order chi connectivity index (χ1) is 11.0. The lowest BCUT2D eigenvalue weighted by atomic mass is 9.87. The van der Waals surface area contributed by atoms with E-state index in [1.165, 1.54) is 25.7 Å². The maximum atomic E-state index is 11.3. The molecule has 0 spiro atoms. The molecule has 0 radical (unpaired) electrons. The summed E-state index contributed by atoms with van der Waals surface area (Å²) in [6.07, 6.45) is 6.90. The normalized spacial score (nSPS) is 22.0. The Morgan fingerprint density at radius 1 is 1.22 bits per heavy atom. The van der Waals surface area contributed by atoms with E-state index in [4.69, 9.17) is 0 Å². The molecular formula is C18H21N3O2. The molecule has 5 heteroatoms. The zero-order chi connectivity index (χ0) is 16.1. The minimum absolute atomic E-state index is 0.319. The largest absolute Gasteiger partial charge is 0.478 e. The van der Waals surface area contributed by atoms with Crippen LogP contribution < -0.4 is 0 Å². The van der Waals surface area contributed by atoms with E-state index in [0.717, 1.165) is 27.9 Å². The molecule has 0 saturated heterocycles. The van der Waals surface area contributed by atoms with Crippen LogP contribution in [0, 0.1) is 5.92 Å². The van der Waals surface area contributed by atoms with Gasteiger partial charge in [-0.15, -0.1) is 0 Å². The van der Waals surface area contributed by atoms with Crippen LogP contribution in [0.3, 0.4) is 0 Å². The van der Waals surface area contributed by atoms with Crippen LogP contribution in [0.25, 0.3) is 21.9 Å². The zero-order valence-electron chi connectivity index (χ0n) is 13.5. The molecule has 2 aromatic heterocycles. The number of carboxylic acids is 1. The number of carbonyl (C=O) groups is 1. The number of hydrogen-bond donors (Lipinski definition) is 1. The topological polar surface area (TPSA) is 60.1 Å². The molecule has 0 unspecified atom stereocenters. The van der Waals surface area contributed by atoms with Crippen molar-refractivity contribution in [1.29, 1.82) is 0 Å². The number of rotatable bonds is 2. The second kappa shape index (κ2) is 5.11. The molecule has 0 atom stereocenters. The van der Waals surface area contributed by atoms with Crippen LogP contribution >= 0.6 is 0 Å². The quantitative estimate of drug-likeness (QED) is 0.779. The highest BCUT2D eigenvalue weighted by atomic mass is 16.4. The fourth-order valence-corrected chi connectivity index (χ4v) is 3.94. The van der Waals surface area contributed by atoms with Crippen LogP contribution in [0.15, 0.2) is 24.4 Å². The van der Waals surface area contributed by atoms with Gasteiger partial charge in [-0.25, -0.2) is 4.79 Å². The molecule has 1 aliphatic carbocycles. The van der Waals surface area contributed by atoms with E-state index in [2.05, 4.69) is 16.6 Å². The van der Waals surface area contributed by atoms with Crippen molar-refractivity contribution < 1.29 is 9.90 Å². The molecule has 1 aliphatic rings. The van der Waals surface area contributed by atoms with Crippen molar-refractivity contribution in [3.8, 4) is 0 Å². The number of aromatic nitrogens is 3. The molecule has 0 amide bonds. The number of nitrogens with zero attached hydrogens (tertiary/aromatic N) is 3. The molecule has 1 fully saturated rings.